The Bertz CT molecular complexity index is 360. The van der Waals surface area contributed by atoms with Gasteiger partial charge in [0.1, 0.15) is 5.04 Å². The molecule has 0 aliphatic heterocycles. The van der Waals surface area contributed by atoms with E-state index in [0.717, 1.165) is 18.3 Å². The van der Waals surface area contributed by atoms with Crippen molar-refractivity contribution in [3.8, 4) is 0 Å². The molecular formula is C8H7F3N2S. The van der Waals surface area contributed by atoms with E-state index in [-0.39, 0.29) is 10.7 Å². The minimum absolute atomic E-state index is 0.116. The van der Waals surface area contributed by atoms with Crippen molar-refractivity contribution >= 4 is 17.7 Å². The molecule has 1 heterocycles. The van der Waals surface area contributed by atoms with Gasteiger partial charge in [0.05, 0.1) is 11.3 Å². The zero-order valence-electron chi connectivity index (χ0n) is 7.21. The van der Waals surface area contributed by atoms with Crippen LogP contribution in [0.5, 0.6) is 0 Å². The second-order valence-corrected chi connectivity index (χ2v) is 2.90. The van der Waals surface area contributed by atoms with Crippen LogP contribution >= 0.6 is 12.6 Å². The summed E-state index contributed by atoms with van der Waals surface area (Å²) in [6.45, 7) is 0. The third-order valence-corrected chi connectivity index (χ3v) is 1.96. The molecule has 0 spiro atoms. The molecule has 0 aromatic carbocycles. The summed E-state index contributed by atoms with van der Waals surface area (Å²) in [6.07, 6.45) is -3.28. The molecule has 0 saturated heterocycles. The normalized spacial score (nSPS) is 13.1. The van der Waals surface area contributed by atoms with Gasteiger partial charge >= 0.3 is 6.18 Å². The fourth-order valence-corrected chi connectivity index (χ4v) is 0.966. The number of rotatable bonds is 1. The molecule has 14 heavy (non-hydrogen) atoms. The number of pyridine rings is 1. The number of aliphatic imine (C=N–C) groups is 1. The van der Waals surface area contributed by atoms with E-state index < -0.39 is 11.7 Å². The van der Waals surface area contributed by atoms with Crippen molar-refractivity contribution in [1.82, 2.24) is 4.98 Å². The highest BCUT2D eigenvalue weighted by Crippen LogP contribution is 2.29. The van der Waals surface area contributed by atoms with Crippen molar-refractivity contribution < 1.29 is 13.2 Å². The highest BCUT2D eigenvalue weighted by molar-refractivity contribution is 7.97. The minimum Gasteiger partial charge on any atom is -0.280 e. The lowest BCUT2D eigenvalue weighted by Gasteiger charge is -2.06. The summed E-state index contributed by atoms with van der Waals surface area (Å²) in [4.78, 5) is 7.35. The molecule has 0 atom stereocenters. The molecule has 0 aliphatic rings. The predicted octanol–water partition coefficient (Wildman–Crippen LogP) is 2.41. The van der Waals surface area contributed by atoms with Gasteiger partial charge in [0.2, 0.25) is 0 Å². The molecule has 76 valence electrons. The van der Waals surface area contributed by atoms with E-state index in [1.54, 1.807) is 0 Å². The number of thiol groups is 1. The van der Waals surface area contributed by atoms with Crippen molar-refractivity contribution in [1.29, 1.82) is 0 Å². The molecule has 1 aromatic rings. The molecule has 0 N–H and O–H groups in total. The van der Waals surface area contributed by atoms with Crippen LogP contribution in [0.1, 0.15) is 11.3 Å². The molecule has 0 fully saturated rings. The maximum Gasteiger partial charge on any atom is 0.416 e. The molecule has 0 radical (unpaired) electrons. The first-order chi connectivity index (χ1) is 6.45. The summed E-state index contributed by atoms with van der Waals surface area (Å²) < 4.78 is 36.7. The van der Waals surface area contributed by atoms with Gasteiger partial charge in [-0.25, -0.2) is 0 Å². The van der Waals surface area contributed by atoms with E-state index in [0.29, 0.717) is 0 Å². The lowest BCUT2D eigenvalue weighted by Crippen LogP contribution is -2.07. The van der Waals surface area contributed by atoms with Gasteiger partial charge < -0.3 is 0 Å². The van der Waals surface area contributed by atoms with Crippen LogP contribution in [0, 0.1) is 0 Å². The molecule has 1 aromatic heterocycles. The maximum atomic E-state index is 12.2. The highest BCUT2D eigenvalue weighted by Gasteiger charge is 2.30. The Morgan fingerprint density at radius 3 is 2.64 bits per heavy atom. The van der Waals surface area contributed by atoms with Crippen LogP contribution in [-0.2, 0) is 6.18 Å². The average Bonchev–Trinajstić information content (AvgIpc) is 2.15. The molecule has 1 rings (SSSR count). The first-order valence-electron chi connectivity index (χ1n) is 3.64. The second-order valence-electron chi connectivity index (χ2n) is 2.47. The molecule has 2 nitrogen and oxygen atoms in total. The van der Waals surface area contributed by atoms with Crippen LogP contribution in [0.15, 0.2) is 23.3 Å². The van der Waals surface area contributed by atoms with Crippen LogP contribution in [0.2, 0.25) is 0 Å². The maximum absolute atomic E-state index is 12.2. The van der Waals surface area contributed by atoms with Crippen molar-refractivity contribution in [2.75, 3.05) is 7.05 Å². The number of hydrogen-bond acceptors (Lipinski definition) is 2. The first-order valence-corrected chi connectivity index (χ1v) is 4.09. The smallest absolute Gasteiger partial charge is 0.280 e. The quantitative estimate of drug-likeness (QED) is 0.439. The van der Waals surface area contributed by atoms with Crippen LogP contribution in [0.4, 0.5) is 13.2 Å². The summed E-state index contributed by atoms with van der Waals surface area (Å²) in [5, 5.41) is 0.177. The standard InChI is InChI=1S/C8H7F3N2S/c1-12-7(14)6-4-5(2-3-13-6)8(9,10)11/h2-4H,1H3,(H,12,14). The molecule has 0 unspecified atom stereocenters. The Morgan fingerprint density at radius 2 is 2.14 bits per heavy atom. The monoisotopic (exact) mass is 220 g/mol. The van der Waals surface area contributed by atoms with E-state index in [1.165, 1.54) is 7.05 Å². The predicted molar refractivity (Wildman–Crippen MR) is 50.7 cm³/mol. The van der Waals surface area contributed by atoms with Crippen molar-refractivity contribution in [2.24, 2.45) is 4.99 Å². The summed E-state index contributed by atoms with van der Waals surface area (Å²) in [6, 6.07) is 1.82. The van der Waals surface area contributed by atoms with Gasteiger partial charge in [-0.1, -0.05) is 0 Å². The summed E-state index contributed by atoms with van der Waals surface area (Å²) in [5.74, 6) is 0. The summed E-state index contributed by atoms with van der Waals surface area (Å²) >= 11 is 3.88. The number of aromatic nitrogens is 1. The average molecular weight is 220 g/mol. The number of nitrogens with zero attached hydrogens (tertiary/aromatic N) is 2. The van der Waals surface area contributed by atoms with Gasteiger partial charge in [-0.3, -0.25) is 9.98 Å². The van der Waals surface area contributed by atoms with Gasteiger partial charge in [-0.05, 0) is 12.1 Å². The number of halogens is 3. The van der Waals surface area contributed by atoms with Crippen molar-refractivity contribution in [3.05, 3.63) is 29.6 Å². The topological polar surface area (TPSA) is 25.2 Å². The van der Waals surface area contributed by atoms with Gasteiger partial charge in [0.15, 0.2) is 0 Å². The van der Waals surface area contributed by atoms with E-state index in [2.05, 4.69) is 22.6 Å². The molecule has 6 heteroatoms. The fourth-order valence-electron chi connectivity index (χ4n) is 0.844. The highest BCUT2D eigenvalue weighted by atomic mass is 32.1. The molecule has 0 saturated carbocycles. The fraction of sp³-hybridized carbons (Fsp3) is 0.250. The van der Waals surface area contributed by atoms with Crippen molar-refractivity contribution in [3.63, 3.8) is 0 Å². The molecule has 0 bridgehead atoms. The Balaban J connectivity index is 3.14. The van der Waals surface area contributed by atoms with Crippen LogP contribution in [-0.4, -0.2) is 17.1 Å². The van der Waals surface area contributed by atoms with E-state index in [9.17, 15) is 13.2 Å². The Labute approximate surface area is 84.3 Å². The van der Waals surface area contributed by atoms with E-state index in [1.807, 2.05) is 0 Å². The molecule has 0 aliphatic carbocycles. The SMILES string of the molecule is C/N=C(\S)c1cc(C(F)(F)F)ccn1. The van der Waals surface area contributed by atoms with Crippen LogP contribution < -0.4 is 0 Å². The van der Waals surface area contributed by atoms with Crippen molar-refractivity contribution in [2.45, 2.75) is 6.18 Å². The minimum atomic E-state index is -4.36. The second kappa shape index (κ2) is 4.00. The zero-order chi connectivity index (χ0) is 10.8. The Hall–Kier alpha value is -1.04. The number of alkyl halides is 3. The van der Waals surface area contributed by atoms with Crippen LogP contribution in [0.25, 0.3) is 0 Å². The number of hydrogen-bond donors (Lipinski definition) is 1. The summed E-state index contributed by atoms with van der Waals surface area (Å²) in [5.41, 5.74) is -0.636. The van der Waals surface area contributed by atoms with Crippen LogP contribution in [0.3, 0.4) is 0 Å². The first kappa shape index (κ1) is 11.0. The lowest BCUT2D eigenvalue weighted by atomic mass is 10.2. The van der Waals surface area contributed by atoms with Gasteiger partial charge in [0.25, 0.3) is 0 Å². The largest absolute Gasteiger partial charge is 0.416 e. The van der Waals surface area contributed by atoms with E-state index in [4.69, 9.17) is 0 Å². The van der Waals surface area contributed by atoms with Gasteiger partial charge in [-0.15, -0.1) is 12.6 Å². The lowest BCUT2D eigenvalue weighted by molar-refractivity contribution is -0.137. The van der Waals surface area contributed by atoms with E-state index >= 15 is 0 Å². The third kappa shape index (κ3) is 2.47. The zero-order valence-corrected chi connectivity index (χ0v) is 8.10. The third-order valence-electron chi connectivity index (χ3n) is 1.53. The van der Waals surface area contributed by atoms with Gasteiger partial charge in [-0.2, -0.15) is 13.2 Å². The Morgan fingerprint density at radius 1 is 1.50 bits per heavy atom. The Kier molecular flexibility index (Phi) is 3.15. The molecular weight excluding hydrogens is 213 g/mol. The summed E-state index contributed by atoms with van der Waals surface area (Å²) in [7, 11) is 1.43. The van der Waals surface area contributed by atoms with Gasteiger partial charge in [0, 0.05) is 13.2 Å². The molecule has 0 amide bonds.